The van der Waals surface area contributed by atoms with Crippen LogP contribution in [0, 0.1) is 11.3 Å². The van der Waals surface area contributed by atoms with Gasteiger partial charge in [0.15, 0.2) is 6.10 Å². The molecular formula is C15H24N2O3S. The highest BCUT2D eigenvalue weighted by atomic mass is 32.2. The predicted molar refractivity (Wildman–Crippen MR) is 82.7 cm³/mol. The molecule has 5 nitrogen and oxygen atoms in total. The zero-order valence-electron chi connectivity index (χ0n) is 13.0. The molecule has 1 fully saturated rings. The van der Waals surface area contributed by atoms with Crippen molar-refractivity contribution in [3.05, 3.63) is 0 Å². The van der Waals surface area contributed by atoms with Crippen molar-refractivity contribution in [2.24, 2.45) is 0 Å². The third-order valence-corrected chi connectivity index (χ3v) is 4.79. The van der Waals surface area contributed by atoms with Gasteiger partial charge in [-0.15, -0.1) is 0 Å². The second-order valence-electron chi connectivity index (χ2n) is 5.63. The first kappa shape index (κ1) is 17.8. The van der Waals surface area contributed by atoms with E-state index in [4.69, 9.17) is 4.74 Å². The first-order valence-corrected chi connectivity index (χ1v) is 8.67. The van der Waals surface area contributed by atoms with Crippen molar-refractivity contribution in [1.29, 1.82) is 5.26 Å². The summed E-state index contributed by atoms with van der Waals surface area (Å²) in [6.07, 6.45) is 5.64. The fraction of sp³-hybridized carbons (Fsp3) is 0.800. The maximum atomic E-state index is 12.1. The number of carbonyl (C=O) groups excluding carboxylic acids is 2. The van der Waals surface area contributed by atoms with Crippen molar-refractivity contribution >= 4 is 23.6 Å². The number of thioether (sulfide) groups is 1. The lowest BCUT2D eigenvalue weighted by Gasteiger charge is -2.32. The molecule has 1 N–H and O–H groups in total. The Hall–Kier alpha value is -1.22. The molecule has 2 atom stereocenters. The molecule has 0 radical (unpaired) electrons. The van der Waals surface area contributed by atoms with Gasteiger partial charge in [-0.3, -0.25) is 9.59 Å². The molecule has 0 bridgehead atoms. The highest BCUT2D eigenvalue weighted by Crippen LogP contribution is 2.27. The Morgan fingerprint density at radius 3 is 2.48 bits per heavy atom. The SMILES string of the molecule is CS[C@@H](C)CC(=O)O[C@@H](C)C(=O)NC1(C#N)CCCCC1. The van der Waals surface area contributed by atoms with Crippen LogP contribution in [0.4, 0.5) is 0 Å². The van der Waals surface area contributed by atoms with E-state index in [9.17, 15) is 14.9 Å². The van der Waals surface area contributed by atoms with Gasteiger partial charge in [-0.2, -0.15) is 17.0 Å². The van der Waals surface area contributed by atoms with E-state index in [-0.39, 0.29) is 23.5 Å². The van der Waals surface area contributed by atoms with Crippen LogP contribution in [-0.2, 0) is 14.3 Å². The number of nitrogens with one attached hydrogen (secondary N) is 1. The smallest absolute Gasteiger partial charge is 0.307 e. The van der Waals surface area contributed by atoms with Crippen LogP contribution in [-0.4, -0.2) is 35.0 Å². The molecule has 0 heterocycles. The molecule has 0 unspecified atom stereocenters. The summed E-state index contributed by atoms with van der Waals surface area (Å²) in [5.41, 5.74) is -0.789. The molecule has 1 aliphatic carbocycles. The molecular weight excluding hydrogens is 288 g/mol. The largest absolute Gasteiger partial charge is 0.453 e. The van der Waals surface area contributed by atoms with Gasteiger partial charge in [0, 0.05) is 5.25 Å². The van der Waals surface area contributed by atoms with Crippen molar-refractivity contribution in [3.63, 3.8) is 0 Å². The van der Waals surface area contributed by atoms with Crippen LogP contribution >= 0.6 is 11.8 Å². The first-order chi connectivity index (χ1) is 9.92. The molecule has 1 rings (SSSR count). The zero-order valence-corrected chi connectivity index (χ0v) is 13.8. The Balaban J connectivity index is 2.50. The van der Waals surface area contributed by atoms with Crippen molar-refractivity contribution in [3.8, 4) is 6.07 Å². The van der Waals surface area contributed by atoms with E-state index < -0.39 is 11.6 Å². The lowest BCUT2D eigenvalue weighted by Crippen LogP contribution is -2.52. The molecule has 118 valence electrons. The van der Waals surface area contributed by atoms with Gasteiger partial charge < -0.3 is 10.1 Å². The van der Waals surface area contributed by atoms with Gasteiger partial charge in [-0.25, -0.2) is 0 Å². The summed E-state index contributed by atoms with van der Waals surface area (Å²) in [6, 6.07) is 2.22. The molecule has 0 aromatic heterocycles. The van der Waals surface area contributed by atoms with E-state index in [1.165, 1.54) is 0 Å². The molecule has 0 aliphatic heterocycles. The quantitative estimate of drug-likeness (QED) is 0.762. The summed E-state index contributed by atoms with van der Waals surface area (Å²) in [5.74, 6) is -0.766. The van der Waals surface area contributed by atoms with Gasteiger partial charge in [-0.05, 0) is 26.0 Å². The minimum absolute atomic E-state index is 0.163. The fourth-order valence-electron chi connectivity index (χ4n) is 2.37. The molecule has 1 saturated carbocycles. The van der Waals surface area contributed by atoms with Gasteiger partial charge in [0.2, 0.25) is 0 Å². The monoisotopic (exact) mass is 312 g/mol. The molecule has 0 aromatic rings. The average Bonchev–Trinajstić information content (AvgIpc) is 2.47. The van der Waals surface area contributed by atoms with E-state index in [1.54, 1.807) is 18.7 Å². The molecule has 1 amide bonds. The predicted octanol–water partition coefficient (Wildman–Crippen LogP) is 2.40. The lowest BCUT2D eigenvalue weighted by molar-refractivity contribution is -0.155. The maximum Gasteiger partial charge on any atom is 0.307 e. The number of ether oxygens (including phenoxy) is 1. The molecule has 1 aliphatic rings. The van der Waals surface area contributed by atoms with Crippen LogP contribution in [0.1, 0.15) is 52.4 Å². The van der Waals surface area contributed by atoms with Gasteiger partial charge in [0.05, 0.1) is 12.5 Å². The normalized spacial score (nSPS) is 19.9. The van der Waals surface area contributed by atoms with E-state index >= 15 is 0 Å². The summed E-state index contributed by atoms with van der Waals surface area (Å²) in [5, 5.41) is 12.3. The minimum atomic E-state index is -0.862. The summed E-state index contributed by atoms with van der Waals surface area (Å²) in [4.78, 5) is 23.8. The van der Waals surface area contributed by atoms with Gasteiger partial charge in [-0.1, -0.05) is 26.2 Å². The Bertz CT molecular complexity index is 414. The topological polar surface area (TPSA) is 79.2 Å². The van der Waals surface area contributed by atoms with Crippen LogP contribution in [0.5, 0.6) is 0 Å². The van der Waals surface area contributed by atoms with Crippen molar-refractivity contribution < 1.29 is 14.3 Å². The second kappa shape index (κ2) is 8.28. The van der Waals surface area contributed by atoms with Gasteiger partial charge in [0.25, 0.3) is 5.91 Å². The van der Waals surface area contributed by atoms with Gasteiger partial charge in [0.1, 0.15) is 5.54 Å². The third-order valence-electron chi connectivity index (χ3n) is 3.82. The first-order valence-electron chi connectivity index (χ1n) is 7.38. The highest BCUT2D eigenvalue weighted by Gasteiger charge is 2.35. The fourth-order valence-corrected chi connectivity index (χ4v) is 2.68. The summed E-state index contributed by atoms with van der Waals surface area (Å²) >= 11 is 1.58. The van der Waals surface area contributed by atoms with Crippen LogP contribution in [0.3, 0.4) is 0 Å². The second-order valence-corrected chi connectivity index (χ2v) is 6.90. The number of hydrogen-bond acceptors (Lipinski definition) is 5. The Morgan fingerprint density at radius 1 is 1.33 bits per heavy atom. The number of esters is 1. The van der Waals surface area contributed by atoms with Crippen LogP contribution in [0.15, 0.2) is 0 Å². The molecule has 0 spiro atoms. The van der Waals surface area contributed by atoms with Crippen molar-refractivity contribution in [2.45, 2.75) is 69.3 Å². The van der Waals surface area contributed by atoms with Crippen molar-refractivity contribution in [2.75, 3.05) is 6.26 Å². The lowest BCUT2D eigenvalue weighted by atomic mass is 9.83. The Kier molecular flexibility index (Phi) is 7.03. The number of hydrogen-bond donors (Lipinski definition) is 1. The van der Waals surface area contributed by atoms with Crippen LogP contribution in [0.2, 0.25) is 0 Å². The number of nitriles is 1. The van der Waals surface area contributed by atoms with E-state index in [0.717, 1.165) is 19.3 Å². The van der Waals surface area contributed by atoms with Crippen LogP contribution < -0.4 is 5.32 Å². The third kappa shape index (κ3) is 5.58. The summed E-state index contributed by atoms with van der Waals surface area (Å²) in [7, 11) is 0. The molecule has 21 heavy (non-hydrogen) atoms. The highest BCUT2D eigenvalue weighted by molar-refractivity contribution is 7.99. The minimum Gasteiger partial charge on any atom is -0.453 e. The Morgan fingerprint density at radius 2 is 1.95 bits per heavy atom. The number of amides is 1. The average molecular weight is 312 g/mol. The van der Waals surface area contributed by atoms with Crippen molar-refractivity contribution in [1.82, 2.24) is 5.32 Å². The Labute approximate surface area is 130 Å². The standard InChI is InChI=1S/C15H24N2O3S/c1-11(21-3)9-13(18)20-12(2)14(19)17-15(10-16)7-5-4-6-8-15/h11-12H,4-9H2,1-3H3,(H,17,19)/t11-,12-/m0/s1. The maximum absolute atomic E-state index is 12.1. The van der Waals surface area contributed by atoms with Gasteiger partial charge >= 0.3 is 5.97 Å². The van der Waals surface area contributed by atoms with Crippen LogP contribution in [0.25, 0.3) is 0 Å². The molecule has 0 saturated heterocycles. The van der Waals surface area contributed by atoms with E-state index in [1.807, 2.05) is 13.2 Å². The summed E-state index contributed by atoms with van der Waals surface area (Å²) < 4.78 is 5.14. The molecule has 6 heteroatoms. The number of nitrogens with zero attached hydrogens (tertiary/aromatic N) is 1. The van der Waals surface area contributed by atoms with E-state index in [2.05, 4.69) is 11.4 Å². The van der Waals surface area contributed by atoms with E-state index in [0.29, 0.717) is 12.8 Å². The summed E-state index contributed by atoms with van der Waals surface area (Å²) in [6.45, 7) is 3.48. The number of rotatable bonds is 6. The zero-order chi connectivity index (χ0) is 15.9. The number of carbonyl (C=O) groups is 2. The molecule has 0 aromatic carbocycles.